The van der Waals surface area contributed by atoms with E-state index < -0.39 is 0 Å². The van der Waals surface area contributed by atoms with E-state index in [9.17, 15) is 14.3 Å². The number of rotatable bonds is 5. The molecule has 1 saturated carbocycles. The van der Waals surface area contributed by atoms with Gasteiger partial charge >= 0.3 is 0 Å². The van der Waals surface area contributed by atoms with Crippen LogP contribution >= 0.6 is 0 Å². The summed E-state index contributed by atoms with van der Waals surface area (Å²) in [5.41, 5.74) is 1.54. The van der Waals surface area contributed by atoms with Crippen molar-refractivity contribution in [2.75, 3.05) is 13.2 Å². The van der Waals surface area contributed by atoms with Gasteiger partial charge in [0.25, 0.3) is 5.91 Å². The molecule has 2 aromatic heterocycles. The van der Waals surface area contributed by atoms with E-state index in [-0.39, 0.29) is 23.7 Å². The van der Waals surface area contributed by atoms with Crippen LogP contribution in [0.3, 0.4) is 0 Å². The zero-order valence-electron chi connectivity index (χ0n) is 15.7. The molecule has 0 unspecified atom stereocenters. The molecule has 3 aromatic rings. The molecule has 1 aliphatic carbocycles. The SMILES string of the molecule is O=C(NCC1(CO)CCCCC1)c1nc(-c2ccc(F)cc2)n2ccccc12. The highest BCUT2D eigenvalue weighted by Gasteiger charge is 2.32. The van der Waals surface area contributed by atoms with Crippen molar-refractivity contribution in [1.82, 2.24) is 14.7 Å². The summed E-state index contributed by atoms with van der Waals surface area (Å²) in [7, 11) is 0. The minimum absolute atomic E-state index is 0.0814. The van der Waals surface area contributed by atoms with Crippen LogP contribution in [0.2, 0.25) is 0 Å². The average molecular weight is 381 g/mol. The summed E-state index contributed by atoms with van der Waals surface area (Å²) in [6.07, 6.45) is 7.04. The number of imidazole rings is 1. The molecule has 1 fully saturated rings. The van der Waals surface area contributed by atoms with Gasteiger partial charge < -0.3 is 10.4 Å². The van der Waals surface area contributed by atoms with Gasteiger partial charge in [-0.25, -0.2) is 9.37 Å². The predicted octanol–water partition coefficient (Wildman–Crippen LogP) is 3.81. The molecule has 2 N–H and O–H groups in total. The van der Waals surface area contributed by atoms with Crippen LogP contribution in [-0.2, 0) is 0 Å². The smallest absolute Gasteiger partial charge is 0.272 e. The molecular formula is C22H24FN3O2. The van der Waals surface area contributed by atoms with Gasteiger partial charge in [-0.1, -0.05) is 25.3 Å². The number of benzene rings is 1. The van der Waals surface area contributed by atoms with E-state index in [1.807, 2.05) is 28.8 Å². The third kappa shape index (κ3) is 3.52. The van der Waals surface area contributed by atoms with Crippen molar-refractivity contribution in [3.8, 4) is 11.4 Å². The van der Waals surface area contributed by atoms with Crippen LogP contribution in [0.5, 0.6) is 0 Å². The Balaban J connectivity index is 1.63. The van der Waals surface area contributed by atoms with Crippen molar-refractivity contribution >= 4 is 11.4 Å². The van der Waals surface area contributed by atoms with Crippen molar-refractivity contribution in [2.24, 2.45) is 5.41 Å². The summed E-state index contributed by atoms with van der Waals surface area (Å²) >= 11 is 0. The maximum Gasteiger partial charge on any atom is 0.272 e. The first-order valence-corrected chi connectivity index (χ1v) is 9.74. The van der Waals surface area contributed by atoms with E-state index in [0.717, 1.165) is 31.2 Å². The number of amides is 1. The third-order valence-electron chi connectivity index (χ3n) is 5.74. The molecule has 0 radical (unpaired) electrons. The van der Waals surface area contributed by atoms with E-state index in [1.54, 1.807) is 12.1 Å². The van der Waals surface area contributed by atoms with E-state index in [0.29, 0.717) is 23.6 Å². The second kappa shape index (κ2) is 7.72. The molecule has 4 rings (SSSR count). The highest BCUT2D eigenvalue weighted by molar-refractivity contribution is 6.00. The molecule has 1 amide bonds. The van der Waals surface area contributed by atoms with Crippen LogP contribution in [0.4, 0.5) is 4.39 Å². The molecule has 2 heterocycles. The van der Waals surface area contributed by atoms with E-state index in [4.69, 9.17) is 0 Å². The molecular weight excluding hydrogens is 357 g/mol. The molecule has 1 aliphatic rings. The third-order valence-corrected chi connectivity index (χ3v) is 5.74. The topological polar surface area (TPSA) is 66.6 Å². The van der Waals surface area contributed by atoms with Crippen LogP contribution in [-0.4, -0.2) is 33.6 Å². The number of hydrogen-bond acceptors (Lipinski definition) is 3. The number of aromatic nitrogens is 2. The summed E-state index contributed by atoms with van der Waals surface area (Å²) in [5.74, 6) is 0.0232. The van der Waals surface area contributed by atoms with Crippen LogP contribution in [0.25, 0.3) is 16.9 Å². The van der Waals surface area contributed by atoms with Crippen LogP contribution < -0.4 is 5.32 Å². The lowest BCUT2D eigenvalue weighted by atomic mass is 9.74. The van der Waals surface area contributed by atoms with Gasteiger partial charge in [-0.05, 0) is 49.2 Å². The van der Waals surface area contributed by atoms with Crippen LogP contribution in [0.1, 0.15) is 42.6 Å². The number of pyridine rings is 1. The Morgan fingerprint density at radius 3 is 2.61 bits per heavy atom. The first kappa shape index (κ1) is 18.6. The summed E-state index contributed by atoms with van der Waals surface area (Å²) < 4.78 is 15.1. The lowest BCUT2D eigenvalue weighted by molar-refractivity contribution is 0.0716. The van der Waals surface area contributed by atoms with Gasteiger partial charge in [-0.3, -0.25) is 9.20 Å². The number of halogens is 1. The minimum Gasteiger partial charge on any atom is -0.396 e. The zero-order valence-corrected chi connectivity index (χ0v) is 15.7. The molecule has 0 bridgehead atoms. The monoisotopic (exact) mass is 381 g/mol. The second-order valence-electron chi connectivity index (χ2n) is 7.65. The lowest BCUT2D eigenvalue weighted by Crippen LogP contribution is -2.41. The van der Waals surface area contributed by atoms with Gasteiger partial charge in [0.2, 0.25) is 0 Å². The summed E-state index contributed by atoms with van der Waals surface area (Å²) in [6, 6.07) is 11.6. The number of nitrogens with one attached hydrogen (secondary N) is 1. The average Bonchev–Trinajstić information content (AvgIpc) is 3.13. The van der Waals surface area contributed by atoms with Crippen molar-refractivity contribution in [3.05, 3.63) is 60.2 Å². The van der Waals surface area contributed by atoms with Gasteiger partial charge in [0.05, 0.1) is 12.1 Å². The molecule has 0 aliphatic heterocycles. The number of carbonyl (C=O) groups is 1. The Labute approximate surface area is 163 Å². The van der Waals surface area contributed by atoms with Gasteiger partial charge in [0.1, 0.15) is 11.6 Å². The highest BCUT2D eigenvalue weighted by atomic mass is 19.1. The molecule has 6 heteroatoms. The molecule has 146 valence electrons. The van der Waals surface area contributed by atoms with Crippen molar-refractivity contribution in [2.45, 2.75) is 32.1 Å². The standard InChI is InChI=1S/C22H24FN3O2/c23-17-9-7-16(8-10-17)20-25-19(18-6-2-5-13-26(18)20)21(28)24-14-22(15-27)11-3-1-4-12-22/h2,5-10,13,27H,1,3-4,11-12,14-15H2,(H,24,28). The highest BCUT2D eigenvalue weighted by Crippen LogP contribution is 2.35. The molecule has 1 aromatic carbocycles. The second-order valence-corrected chi connectivity index (χ2v) is 7.65. The lowest BCUT2D eigenvalue weighted by Gasteiger charge is -2.35. The number of carbonyl (C=O) groups excluding carboxylic acids is 1. The Bertz CT molecular complexity index is 975. The van der Waals surface area contributed by atoms with Gasteiger partial charge in [-0.2, -0.15) is 0 Å². The molecule has 0 atom stereocenters. The maximum atomic E-state index is 13.3. The Morgan fingerprint density at radius 2 is 1.89 bits per heavy atom. The summed E-state index contributed by atoms with van der Waals surface area (Å²) in [5, 5.41) is 12.9. The molecule has 5 nitrogen and oxygen atoms in total. The number of aliphatic hydroxyl groups is 1. The number of fused-ring (bicyclic) bond motifs is 1. The molecule has 28 heavy (non-hydrogen) atoms. The fourth-order valence-corrected chi connectivity index (χ4v) is 4.05. The van der Waals surface area contributed by atoms with Gasteiger partial charge in [0, 0.05) is 23.7 Å². The first-order chi connectivity index (χ1) is 13.6. The van der Waals surface area contributed by atoms with Gasteiger partial charge in [-0.15, -0.1) is 0 Å². The Kier molecular flexibility index (Phi) is 5.13. The Morgan fingerprint density at radius 1 is 1.14 bits per heavy atom. The van der Waals surface area contributed by atoms with Crippen molar-refractivity contribution in [3.63, 3.8) is 0 Å². The largest absolute Gasteiger partial charge is 0.396 e. The van der Waals surface area contributed by atoms with E-state index >= 15 is 0 Å². The van der Waals surface area contributed by atoms with Gasteiger partial charge in [0.15, 0.2) is 5.69 Å². The minimum atomic E-state index is -0.315. The maximum absolute atomic E-state index is 13.3. The Hall–Kier alpha value is -2.73. The fourth-order valence-electron chi connectivity index (χ4n) is 4.05. The quantitative estimate of drug-likeness (QED) is 0.706. The molecule has 0 saturated heterocycles. The normalized spacial score (nSPS) is 16.2. The zero-order chi connectivity index (χ0) is 19.6. The van der Waals surface area contributed by atoms with Crippen molar-refractivity contribution < 1.29 is 14.3 Å². The van der Waals surface area contributed by atoms with Crippen LogP contribution in [0, 0.1) is 11.2 Å². The summed E-state index contributed by atoms with van der Waals surface area (Å²) in [4.78, 5) is 17.5. The summed E-state index contributed by atoms with van der Waals surface area (Å²) in [6.45, 7) is 0.526. The van der Waals surface area contributed by atoms with Crippen molar-refractivity contribution in [1.29, 1.82) is 0 Å². The van der Waals surface area contributed by atoms with E-state index in [2.05, 4.69) is 10.3 Å². The number of aliphatic hydroxyl groups excluding tert-OH is 1. The number of hydrogen-bond donors (Lipinski definition) is 2. The fraction of sp³-hybridized carbons (Fsp3) is 0.364. The van der Waals surface area contributed by atoms with Crippen LogP contribution in [0.15, 0.2) is 48.7 Å². The predicted molar refractivity (Wildman–Crippen MR) is 106 cm³/mol. The molecule has 0 spiro atoms. The number of nitrogens with zero attached hydrogens (tertiary/aromatic N) is 2. The van der Waals surface area contributed by atoms with E-state index in [1.165, 1.54) is 18.6 Å². The first-order valence-electron chi connectivity index (χ1n) is 9.74.